The van der Waals surface area contributed by atoms with E-state index in [1.165, 1.54) is 11.6 Å². The second-order valence-corrected chi connectivity index (χ2v) is 8.35. The van der Waals surface area contributed by atoms with Crippen LogP contribution < -0.4 is 15.5 Å². The zero-order valence-electron chi connectivity index (χ0n) is 18.0. The Morgan fingerprint density at radius 2 is 1.91 bits per heavy atom. The van der Waals surface area contributed by atoms with Crippen molar-refractivity contribution in [3.8, 4) is 0 Å². The third-order valence-corrected chi connectivity index (χ3v) is 6.13. The van der Waals surface area contributed by atoms with Crippen molar-refractivity contribution in [2.45, 2.75) is 44.4 Å². The minimum atomic E-state index is -4.46. The first-order valence-corrected chi connectivity index (χ1v) is 11.0. The smallest absolute Gasteiger partial charge is 0.378 e. The maximum absolute atomic E-state index is 13.3. The van der Waals surface area contributed by atoms with Crippen LogP contribution in [0.2, 0.25) is 0 Å². The van der Waals surface area contributed by atoms with E-state index in [1.54, 1.807) is 6.92 Å². The highest BCUT2D eigenvalue weighted by Crippen LogP contribution is 2.36. The second kappa shape index (κ2) is 9.40. The first-order valence-electron chi connectivity index (χ1n) is 11.0. The Balaban J connectivity index is 1.52. The third-order valence-electron chi connectivity index (χ3n) is 6.13. The van der Waals surface area contributed by atoms with Crippen molar-refractivity contribution in [1.82, 2.24) is 5.32 Å². The van der Waals surface area contributed by atoms with Crippen LogP contribution in [0.3, 0.4) is 0 Å². The molecule has 5 nitrogen and oxygen atoms in total. The van der Waals surface area contributed by atoms with Crippen LogP contribution in [-0.2, 0) is 22.1 Å². The molecule has 2 atom stereocenters. The van der Waals surface area contributed by atoms with Gasteiger partial charge in [0.2, 0.25) is 5.91 Å². The molecule has 2 aromatic rings. The van der Waals surface area contributed by atoms with Crippen LogP contribution in [0.5, 0.6) is 0 Å². The first-order chi connectivity index (χ1) is 15.3. The Morgan fingerprint density at radius 3 is 2.66 bits per heavy atom. The third kappa shape index (κ3) is 5.01. The van der Waals surface area contributed by atoms with Crippen LogP contribution in [-0.4, -0.2) is 38.3 Å². The van der Waals surface area contributed by atoms with E-state index in [2.05, 4.69) is 16.7 Å². The molecular weight excluding hydrogens is 419 g/mol. The summed E-state index contributed by atoms with van der Waals surface area (Å²) in [5.41, 5.74) is 2.55. The molecule has 2 aliphatic rings. The van der Waals surface area contributed by atoms with Gasteiger partial charge < -0.3 is 20.3 Å². The van der Waals surface area contributed by atoms with E-state index in [-0.39, 0.29) is 11.9 Å². The fraction of sp³-hybridized carbons (Fsp3) is 0.458. The lowest BCUT2D eigenvalue weighted by Gasteiger charge is -2.32. The monoisotopic (exact) mass is 447 g/mol. The minimum absolute atomic E-state index is 0.0862. The summed E-state index contributed by atoms with van der Waals surface area (Å²) in [5, 5.41) is 6.12. The molecule has 4 rings (SSSR count). The lowest BCUT2D eigenvalue weighted by atomic mass is 9.87. The Bertz CT molecular complexity index is 958. The number of benzene rings is 2. The summed E-state index contributed by atoms with van der Waals surface area (Å²) in [4.78, 5) is 14.9. The normalized spacial score (nSPS) is 19.8. The number of hydrogen-bond donors (Lipinski definition) is 2. The number of anilines is 2. The number of morpholine rings is 1. The van der Waals surface area contributed by atoms with E-state index in [9.17, 15) is 18.0 Å². The topological polar surface area (TPSA) is 53.6 Å². The molecule has 2 aromatic carbocycles. The van der Waals surface area contributed by atoms with Crippen molar-refractivity contribution >= 4 is 17.3 Å². The van der Waals surface area contributed by atoms with Gasteiger partial charge in [0, 0.05) is 13.1 Å². The summed E-state index contributed by atoms with van der Waals surface area (Å²) in [6, 6.07) is 10.9. The molecule has 1 amide bonds. The van der Waals surface area contributed by atoms with Crippen molar-refractivity contribution in [2.24, 2.45) is 0 Å². The molecule has 1 saturated heterocycles. The lowest BCUT2D eigenvalue weighted by Crippen LogP contribution is -2.41. The zero-order chi connectivity index (χ0) is 22.7. The number of halogens is 3. The number of nitrogens with zero attached hydrogens (tertiary/aromatic N) is 1. The standard InChI is InChI=1S/C24H28F3N3O2/c1-16(23(31)29-20-8-4-6-17-5-2-3-7-19(17)20)28-21-15-18(24(25,26)27)9-10-22(21)30-11-13-32-14-12-30/h2-3,5,7,9-10,15-16,20,28H,4,6,8,11-14H2,1H3,(H,29,31)/t16-,20-/m0/s1. The number of amides is 1. The van der Waals surface area contributed by atoms with Gasteiger partial charge in [-0.05, 0) is 55.5 Å². The van der Waals surface area contributed by atoms with Crippen molar-refractivity contribution in [3.63, 3.8) is 0 Å². The van der Waals surface area contributed by atoms with Gasteiger partial charge >= 0.3 is 6.18 Å². The highest BCUT2D eigenvalue weighted by atomic mass is 19.4. The Kier molecular flexibility index (Phi) is 6.60. The first kappa shape index (κ1) is 22.5. The number of carbonyl (C=O) groups excluding carboxylic acids is 1. The quantitative estimate of drug-likeness (QED) is 0.707. The molecular formula is C24H28F3N3O2. The van der Waals surface area contributed by atoms with Crippen LogP contribution in [0.25, 0.3) is 0 Å². The molecule has 0 bridgehead atoms. The molecule has 1 aliphatic carbocycles. The highest BCUT2D eigenvalue weighted by Gasteiger charge is 2.32. The van der Waals surface area contributed by atoms with Gasteiger partial charge in [-0.15, -0.1) is 0 Å². The van der Waals surface area contributed by atoms with Crippen molar-refractivity contribution in [2.75, 3.05) is 36.5 Å². The molecule has 0 radical (unpaired) electrons. The molecule has 8 heteroatoms. The van der Waals surface area contributed by atoms with Crippen LogP contribution >= 0.6 is 0 Å². The summed E-state index contributed by atoms with van der Waals surface area (Å²) < 4.78 is 45.4. The van der Waals surface area contributed by atoms with E-state index in [4.69, 9.17) is 4.74 Å². The number of carbonyl (C=O) groups is 1. The van der Waals surface area contributed by atoms with Gasteiger partial charge in [-0.1, -0.05) is 24.3 Å². The van der Waals surface area contributed by atoms with Gasteiger partial charge in [0.1, 0.15) is 6.04 Å². The predicted octanol–water partition coefficient (Wildman–Crippen LogP) is 4.54. The largest absolute Gasteiger partial charge is 0.416 e. The van der Waals surface area contributed by atoms with E-state index >= 15 is 0 Å². The molecule has 0 saturated carbocycles. The van der Waals surface area contributed by atoms with Crippen LogP contribution in [0.1, 0.15) is 42.5 Å². The number of nitrogens with one attached hydrogen (secondary N) is 2. The number of alkyl halides is 3. The molecule has 1 heterocycles. The van der Waals surface area contributed by atoms with Crippen LogP contribution in [0.15, 0.2) is 42.5 Å². The molecule has 1 aliphatic heterocycles. The molecule has 0 spiro atoms. The van der Waals surface area contributed by atoms with Crippen LogP contribution in [0.4, 0.5) is 24.5 Å². The Labute approximate surface area is 185 Å². The minimum Gasteiger partial charge on any atom is -0.378 e. The number of aryl methyl sites for hydroxylation is 1. The van der Waals surface area contributed by atoms with Gasteiger partial charge in [0.15, 0.2) is 0 Å². The summed E-state index contributed by atoms with van der Waals surface area (Å²) in [6.45, 7) is 3.86. The number of rotatable bonds is 5. The molecule has 0 unspecified atom stereocenters. The van der Waals surface area contributed by atoms with Crippen molar-refractivity contribution < 1.29 is 22.7 Å². The Morgan fingerprint density at radius 1 is 1.16 bits per heavy atom. The maximum atomic E-state index is 13.3. The van der Waals surface area contributed by atoms with Gasteiger partial charge in [-0.3, -0.25) is 4.79 Å². The van der Waals surface area contributed by atoms with Gasteiger partial charge in [-0.25, -0.2) is 0 Å². The van der Waals surface area contributed by atoms with E-state index in [0.717, 1.165) is 37.0 Å². The van der Waals surface area contributed by atoms with E-state index < -0.39 is 17.8 Å². The predicted molar refractivity (Wildman–Crippen MR) is 118 cm³/mol. The molecule has 2 N–H and O–H groups in total. The molecule has 172 valence electrons. The highest BCUT2D eigenvalue weighted by molar-refractivity contribution is 5.86. The summed E-state index contributed by atoms with van der Waals surface area (Å²) in [6.07, 6.45) is -1.64. The summed E-state index contributed by atoms with van der Waals surface area (Å²) in [5.74, 6) is -0.239. The van der Waals surface area contributed by atoms with Crippen LogP contribution in [0, 0.1) is 0 Å². The molecule has 1 fully saturated rings. The van der Waals surface area contributed by atoms with Crippen molar-refractivity contribution in [3.05, 3.63) is 59.2 Å². The summed E-state index contributed by atoms with van der Waals surface area (Å²) in [7, 11) is 0. The van der Waals surface area contributed by atoms with E-state index in [1.807, 2.05) is 23.1 Å². The maximum Gasteiger partial charge on any atom is 0.416 e. The average Bonchev–Trinajstić information content (AvgIpc) is 2.79. The lowest BCUT2D eigenvalue weighted by molar-refractivity contribution is -0.137. The average molecular weight is 448 g/mol. The fourth-order valence-corrected chi connectivity index (χ4v) is 4.41. The SMILES string of the molecule is C[C@H](Nc1cc(C(F)(F)F)ccc1N1CCOCC1)C(=O)N[C@H]1CCCc2ccccc21. The van der Waals surface area contributed by atoms with Gasteiger partial charge in [-0.2, -0.15) is 13.2 Å². The fourth-order valence-electron chi connectivity index (χ4n) is 4.41. The second-order valence-electron chi connectivity index (χ2n) is 8.35. The number of fused-ring (bicyclic) bond motifs is 1. The van der Waals surface area contributed by atoms with Crippen molar-refractivity contribution in [1.29, 1.82) is 0 Å². The van der Waals surface area contributed by atoms with E-state index in [0.29, 0.717) is 37.7 Å². The Hall–Kier alpha value is -2.74. The number of hydrogen-bond acceptors (Lipinski definition) is 4. The zero-order valence-corrected chi connectivity index (χ0v) is 18.0. The van der Waals surface area contributed by atoms with Gasteiger partial charge in [0.05, 0.1) is 36.2 Å². The van der Waals surface area contributed by atoms with Gasteiger partial charge in [0.25, 0.3) is 0 Å². The molecule has 0 aromatic heterocycles. The number of ether oxygens (including phenoxy) is 1. The summed E-state index contributed by atoms with van der Waals surface area (Å²) >= 11 is 0. The molecule has 32 heavy (non-hydrogen) atoms.